The van der Waals surface area contributed by atoms with E-state index in [1.165, 1.54) is 6.08 Å². The highest BCUT2D eigenvalue weighted by Crippen LogP contribution is 2.22. The number of hydrogen-bond acceptors (Lipinski definition) is 2. The Labute approximate surface area is 127 Å². The van der Waals surface area contributed by atoms with Crippen molar-refractivity contribution in [3.63, 3.8) is 0 Å². The molecule has 0 saturated carbocycles. The molecule has 6 heteroatoms. The van der Waals surface area contributed by atoms with E-state index in [-0.39, 0.29) is 17.7 Å². The fraction of sp³-hybridized carbons (Fsp3) is 0.286. The highest BCUT2D eigenvalue weighted by atomic mass is 35.5. The number of nitrogens with zero attached hydrogens (tertiary/aromatic N) is 1. The van der Waals surface area contributed by atoms with Crippen LogP contribution in [0, 0.1) is 5.92 Å². The molecule has 1 heterocycles. The number of rotatable bonds is 3. The standard InChI is InChI=1S/C14H14Cl2N2O2/c15-11-2-3-12(16)9(7-11)1-4-13(19)18-6-5-10(8-18)14(17)20/h1-4,7,10H,5-6,8H2,(H2,17,20)/b4-1+/t10-/m1/s1. The van der Waals surface area contributed by atoms with Crippen LogP contribution in [0.15, 0.2) is 24.3 Å². The molecule has 1 atom stereocenters. The van der Waals surface area contributed by atoms with Gasteiger partial charge in [-0.1, -0.05) is 23.2 Å². The Kier molecular flexibility index (Phi) is 4.68. The summed E-state index contributed by atoms with van der Waals surface area (Å²) in [5.74, 6) is -0.769. The first kappa shape index (κ1) is 14.9. The molecule has 2 N–H and O–H groups in total. The number of nitrogens with two attached hydrogens (primary N) is 1. The molecule has 2 rings (SSSR count). The second-order valence-corrected chi connectivity index (χ2v) is 5.52. The smallest absolute Gasteiger partial charge is 0.246 e. The van der Waals surface area contributed by atoms with Gasteiger partial charge in [0.15, 0.2) is 0 Å². The second-order valence-electron chi connectivity index (χ2n) is 4.67. The van der Waals surface area contributed by atoms with E-state index in [2.05, 4.69) is 0 Å². The summed E-state index contributed by atoms with van der Waals surface area (Å²) in [5, 5.41) is 1.08. The van der Waals surface area contributed by atoms with Gasteiger partial charge in [0.2, 0.25) is 11.8 Å². The zero-order valence-corrected chi connectivity index (χ0v) is 12.2. The van der Waals surface area contributed by atoms with Crippen molar-refractivity contribution in [3.05, 3.63) is 39.9 Å². The van der Waals surface area contributed by atoms with Crippen LogP contribution in [0.1, 0.15) is 12.0 Å². The average Bonchev–Trinajstić information content (AvgIpc) is 2.89. The van der Waals surface area contributed by atoms with E-state index >= 15 is 0 Å². The Balaban J connectivity index is 2.03. The molecule has 0 aromatic heterocycles. The Morgan fingerprint density at radius 2 is 2.10 bits per heavy atom. The SMILES string of the molecule is NC(=O)[C@@H]1CCN(C(=O)/C=C/c2cc(Cl)ccc2Cl)C1. The third-order valence-electron chi connectivity index (χ3n) is 3.27. The largest absolute Gasteiger partial charge is 0.369 e. The summed E-state index contributed by atoms with van der Waals surface area (Å²) in [4.78, 5) is 24.7. The van der Waals surface area contributed by atoms with Crippen molar-refractivity contribution >= 4 is 41.1 Å². The molecule has 1 aromatic rings. The summed E-state index contributed by atoms with van der Waals surface area (Å²) in [6.07, 6.45) is 3.67. The van der Waals surface area contributed by atoms with E-state index in [0.29, 0.717) is 35.1 Å². The van der Waals surface area contributed by atoms with Gasteiger partial charge in [-0.05, 0) is 36.3 Å². The minimum Gasteiger partial charge on any atom is -0.369 e. The van der Waals surface area contributed by atoms with Crippen LogP contribution in [-0.2, 0) is 9.59 Å². The molecule has 1 aliphatic heterocycles. The van der Waals surface area contributed by atoms with Crippen LogP contribution < -0.4 is 5.73 Å². The van der Waals surface area contributed by atoms with Gasteiger partial charge in [-0.3, -0.25) is 9.59 Å². The van der Waals surface area contributed by atoms with Crippen LogP contribution in [0.4, 0.5) is 0 Å². The predicted octanol–water partition coefficient (Wildman–Crippen LogP) is 2.34. The van der Waals surface area contributed by atoms with Gasteiger partial charge in [0.25, 0.3) is 0 Å². The maximum atomic E-state index is 12.0. The number of likely N-dealkylation sites (tertiary alicyclic amines) is 1. The first-order chi connectivity index (χ1) is 9.47. The van der Waals surface area contributed by atoms with E-state index in [0.717, 1.165) is 0 Å². The van der Waals surface area contributed by atoms with Crippen molar-refractivity contribution in [2.24, 2.45) is 11.7 Å². The van der Waals surface area contributed by atoms with Gasteiger partial charge < -0.3 is 10.6 Å². The van der Waals surface area contributed by atoms with Crippen LogP contribution in [-0.4, -0.2) is 29.8 Å². The number of carbonyl (C=O) groups is 2. The third-order valence-corrected chi connectivity index (χ3v) is 3.85. The van der Waals surface area contributed by atoms with E-state index in [9.17, 15) is 9.59 Å². The van der Waals surface area contributed by atoms with E-state index < -0.39 is 0 Å². The van der Waals surface area contributed by atoms with Crippen molar-refractivity contribution in [1.29, 1.82) is 0 Å². The van der Waals surface area contributed by atoms with Gasteiger partial charge in [-0.25, -0.2) is 0 Å². The summed E-state index contributed by atoms with van der Waals surface area (Å²) in [7, 11) is 0. The lowest BCUT2D eigenvalue weighted by molar-refractivity contribution is -0.125. The van der Waals surface area contributed by atoms with Gasteiger partial charge >= 0.3 is 0 Å². The molecule has 2 amide bonds. The number of carbonyl (C=O) groups excluding carboxylic acids is 2. The molecule has 20 heavy (non-hydrogen) atoms. The van der Waals surface area contributed by atoms with Gasteiger partial charge in [-0.2, -0.15) is 0 Å². The number of halogens is 2. The summed E-state index contributed by atoms with van der Waals surface area (Å²) in [6, 6.07) is 5.04. The van der Waals surface area contributed by atoms with Crippen LogP contribution in [0.5, 0.6) is 0 Å². The first-order valence-electron chi connectivity index (χ1n) is 6.18. The molecular weight excluding hydrogens is 299 g/mol. The average molecular weight is 313 g/mol. The molecule has 1 aliphatic rings. The monoisotopic (exact) mass is 312 g/mol. The van der Waals surface area contributed by atoms with E-state index in [4.69, 9.17) is 28.9 Å². The van der Waals surface area contributed by atoms with Gasteiger partial charge in [0.1, 0.15) is 0 Å². The fourth-order valence-corrected chi connectivity index (χ4v) is 2.46. The minimum absolute atomic E-state index is 0.162. The van der Waals surface area contributed by atoms with Crippen LogP contribution in [0.2, 0.25) is 10.0 Å². The molecule has 0 spiro atoms. The lowest BCUT2D eigenvalue weighted by atomic mass is 10.1. The van der Waals surface area contributed by atoms with Gasteiger partial charge in [0, 0.05) is 29.2 Å². The fourth-order valence-electron chi connectivity index (χ4n) is 2.10. The molecule has 0 aliphatic carbocycles. The molecule has 1 fully saturated rings. The van der Waals surface area contributed by atoms with E-state index in [1.807, 2.05) is 0 Å². The van der Waals surface area contributed by atoms with E-state index in [1.54, 1.807) is 29.2 Å². The Morgan fingerprint density at radius 3 is 2.75 bits per heavy atom. The van der Waals surface area contributed by atoms with Crippen LogP contribution in [0.3, 0.4) is 0 Å². The normalized spacial score (nSPS) is 18.7. The van der Waals surface area contributed by atoms with Crippen molar-refractivity contribution in [3.8, 4) is 0 Å². The number of benzene rings is 1. The highest BCUT2D eigenvalue weighted by Gasteiger charge is 2.28. The van der Waals surface area contributed by atoms with Gasteiger partial charge in [0.05, 0.1) is 5.92 Å². The molecule has 106 valence electrons. The molecule has 1 saturated heterocycles. The minimum atomic E-state index is -0.359. The summed E-state index contributed by atoms with van der Waals surface area (Å²) in [5.41, 5.74) is 5.91. The molecule has 0 unspecified atom stereocenters. The third kappa shape index (κ3) is 3.52. The first-order valence-corrected chi connectivity index (χ1v) is 6.94. The molecule has 0 bridgehead atoms. The Hall–Kier alpha value is -1.52. The molecule has 0 radical (unpaired) electrons. The topological polar surface area (TPSA) is 63.4 Å². The van der Waals surface area contributed by atoms with Crippen molar-refractivity contribution in [1.82, 2.24) is 4.90 Å². The number of primary amides is 1. The number of hydrogen-bond donors (Lipinski definition) is 1. The zero-order valence-electron chi connectivity index (χ0n) is 10.7. The predicted molar refractivity (Wildman–Crippen MR) is 79.4 cm³/mol. The highest BCUT2D eigenvalue weighted by molar-refractivity contribution is 6.34. The molecular formula is C14H14Cl2N2O2. The summed E-state index contributed by atoms with van der Waals surface area (Å²) in [6.45, 7) is 0.918. The van der Waals surface area contributed by atoms with Crippen LogP contribution >= 0.6 is 23.2 Å². The summed E-state index contributed by atoms with van der Waals surface area (Å²) < 4.78 is 0. The van der Waals surface area contributed by atoms with Crippen molar-refractivity contribution in [2.75, 3.05) is 13.1 Å². The van der Waals surface area contributed by atoms with Crippen molar-refractivity contribution in [2.45, 2.75) is 6.42 Å². The number of amides is 2. The van der Waals surface area contributed by atoms with Gasteiger partial charge in [-0.15, -0.1) is 0 Å². The lowest BCUT2D eigenvalue weighted by Gasteiger charge is -2.13. The molecule has 1 aromatic carbocycles. The second kappa shape index (κ2) is 6.29. The molecule has 4 nitrogen and oxygen atoms in total. The Bertz CT molecular complexity index is 572. The quantitative estimate of drug-likeness (QED) is 0.871. The van der Waals surface area contributed by atoms with Crippen molar-refractivity contribution < 1.29 is 9.59 Å². The zero-order chi connectivity index (χ0) is 14.7. The van der Waals surface area contributed by atoms with Crippen LogP contribution in [0.25, 0.3) is 6.08 Å². The maximum absolute atomic E-state index is 12.0. The lowest BCUT2D eigenvalue weighted by Crippen LogP contribution is -2.30. The maximum Gasteiger partial charge on any atom is 0.246 e. The summed E-state index contributed by atoms with van der Waals surface area (Å²) >= 11 is 11.9. The Morgan fingerprint density at radius 1 is 1.35 bits per heavy atom.